The number of aliphatic hydroxyl groups excluding tert-OH is 1. The maximum absolute atomic E-state index is 13.8. The van der Waals surface area contributed by atoms with Crippen molar-refractivity contribution in [1.29, 1.82) is 0 Å². The second-order valence-corrected chi connectivity index (χ2v) is 11.0. The summed E-state index contributed by atoms with van der Waals surface area (Å²) in [6.45, 7) is 4.41. The van der Waals surface area contributed by atoms with Gasteiger partial charge in [-0.2, -0.15) is 0 Å². The molecular formula is C25H35N3O4S. The molecule has 3 aliphatic heterocycles. The van der Waals surface area contributed by atoms with E-state index in [1.165, 1.54) is 0 Å². The topological polar surface area (TPSA) is 98.7 Å². The molecule has 0 aliphatic carbocycles. The number of hydrogen-bond donors (Lipinski definition) is 3. The van der Waals surface area contributed by atoms with E-state index in [-0.39, 0.29) is 29.6 Å². The van der Waals surface area contributed by atoms with Crippen LogP contribution in [0.5, 0.6) is 0 Å². The van der Waals surface area contributed by atoms with Crippen LogP contribution in [0.25, 0.3) is 0 Å². The zero-order valence-corrected chi connectivity index (χ0v) is 20.3. The summed E-state index contributed by atoms with van der Waals surface area (Å²) in [6, 6.07) is 8.20. The van der Waals surface area contributed by atoms with Crippen molar-refractivity contribution in [2.75, 3.05) is 18.5 Å². The number of likely N-dealkylation sites (tertiary alicyclic amines) is 1. The maximum atomic E-state index is 13.8. The number of aliphatic hydroxyl groups is 1. The molecule has 3 fully saturated rings. The third kappa shape index (κ3) is 4.16. The summed E-state index contributed by atoms with van der Waals surface area (Å²) in [5, 5.41) is 16.1. The highest BCUT2D eigenvalue weighted by molar-refractivity contribution is 8.02. The van der Waals surface area contributed by atoms with Crippen molar-refractivity contribution in [3.63, 3.8) is 0 Å². The number of rotatable bonds is 10. The highest BCUT2D eigenvalue weighted by Gasteiger charge is 2.74. The van der Waals surface area contributed by atoms with Crippen LogP contribution in [0.15, 0.2) is 30.3 Å². The van der Waals surface area contributed by atoms with Gasteiger partial charge < -0.3 is 20.6 Å². The fourth-order valence-corrected chi connectivity index (χ4v) is 8.13. The molecule has 3 saturated heterocycles. The summed E-state index contributed by atoms with van der Waals surface area (Å²) in [5.74, 6) is -1.48. The van der Waals surface area contributed by atoms with Gasteiger partial charge in [-0.3, -0.25) is 14.4 Å². The number of thioether (sulfide) groups is 1. The first kappa shape index (κ1) is 24.1. The van der Waals surface area contributed by atoms with Crippen LogP contribution in [0, 0.1) is 11.8 Å². The molecular weight excluding hydrogens is 438 g/mol. The lowest BCUT2D eigenvalue weighted by molar-refractivity contribution is -0.142. The van der Waals surface area contributed by atoms with Crippen LogP contribution in [0.1, 0.15) is 52.4 Å². The van der Waals surface area contributed by atoms with Gasteiger partial charge in [0.2, 0.25) is 17.7 Å². The molecule has 0 saturated carbocycles. The summed E-state index contributed by atoms with van der Waals surface area (Å²) in [5.41, 5.74) is 0.707. The van der Waals surface area contributed by atoms with E-state index in [4.69, 9.17) is 0 Å². The molecule has 3 aliphatic rings. The number of hydrogen-bond acceptors (Lipinski definition) is 5. The van der Waals surface area contributed by atoms with Crippen molar-refractivity contribution in [2.45, 2.75) is 74.5 Å². The first-order valence-electron chi connectivity index (χ1n) is 12.2. The molecule has 0 radical (unpaired) electrons. The molecule has 1 spiro atoms. The minimum Gasteiger partial charge on any atom is -0.394 e. The second-order valence-electron chi connectivity index (χ2n) is 9.40. The van der Waals surface area contributed by atoms with Crippen molar-refractivity contribution < 1.29 is 19.5 Å². The second kappa shape index (κ2) is 10.1. The van der Waals surface area contributed by atoms with E-state index in [0.29, 0.717) is 18.7 Å². The molecule has 180 valence electrons. The van der Waals surface area contributed by atoms with Crippen LogP contribution >= 0.6 is 11.8 Å². The van der Waals surface area contributed by atoms with E-state index in [1.54, 1.807) is 16.7 Å². The molecule has 3 amide bonds. The molecule has 1 aromatic carbocycles. The van der Waals surface area contributed by atoms with Crippen LogP contribution in [0.3, 0.4) is 0 Å². The monoisotopic (exact) mass is 473 g/mol. The van der Waals surface area contributed by atoms with Gasteiger partial charge in [-0.1, -0.05) is 44.9 Å². The van der Waals surface area contributed by atoms with Crippen molar-refractivity contribution in [1.82, 2.24) is 10.2 Å². The van der Waals surface area contributed by atoms with E-state index in [9.17, 15) is 19.5 Å². The lowest BCUT2D eigenvalue weighted by Crippen LogP contribution is -2.56. The van der Waals surface area contributed by atoms with Crippen molar-refractivity contribution in [2.24, 2.45) is 11.8 Å². The van der Waals surface area contributed by atoms with Crippen molar-refractivity contribution in [3.8, 4) is 0 Å². The van der Waals surface area contributed by atoms with E-state index < -0.39 is 28.7 Å². The molecule has 7 nitrogen and oxygen atoms in total. The summed E-state index contributed by atoms with van der Waals surface area (Å²) < 4.78 is -0.613. The first-order chi connectivity index (χ1) is 16.0. The fourth-order valence-electron chi connectivity index (χ4n) is 5.93. The van der Waals surface area contributed by atoms with Gasteiger partial charge in [0.1, 0.15) is 6.04 Å². The van der Waals surface area contributed by atoms with Crippen LogP contribution in [0.4, 0.5) is 5.69 Å². The number of benzene rings is 1. The van der Waals surface area contributed by atoms with E-state index in [1.807, 2.05) is 37.3 Å². The van der Waals surface area contributed by atoms with E-state index in [2.05, 4.69) is 17.6 Å². The smallest absolute Gasteiger partial charge is 0.244 e. The highest BCUT2D eigenvalue weighted by atomic mass is 32.2. The number of carbonyl (C=O) groups is 3. The molecule has 8 heteroatoms. The summed E-state index contributed by atoms with van der Waals surface area (Å²) in [6.07, 6.45) is 5.10. The van der Waals surface area contributed by atoms with Crippen molar-refractivity contribution >= 4 is 35.2 Å². The Bertz CT molecular complexity index is 878. The Kier molecular flexibility index (Phi) is 7.34. The largest absolute Gasteiger partial charge is 0.394 e. The predicted molar refractivity (Wildman–Crippen MR) is 130 cm³/mol. The third-order valence-electron chi connectivity index (χ3n) is 7.49. The van der Waals surface area contributed by atoms with Crippen LogP contribution in [-0.2, 0) is 14.4 Å². The number of fused-ring (bicyclic) bond motifs is 1. The zero-order valence-electron chi connectivity index (χ0n) is 19.5. The van der Waals surface area contributed by atoms with Gasteiger partial charge in [-0.25, -0.2) is 0 Å². The lowest BCUT2D eigenvalue weighted by Gasteiger charge is -2.36. The molecule has 4 rings (SSSR count). The molecule has 2 unspecified atom stereocenters. The van der Waals surface area contributed by atoms with Gasteiger partial charge in [0.25, 0.3) is 0 Å². The quantitative estimate of drug-likeness (QED) is 0.454. The molecule has 33 heavy (non-hydrogen) atoms. The van der Waals surface area contributed by atoms with Gasteiger partial charge in [-0.05, 0) is 37.8 Å². The average molecular weight is 474 g/mol. The average Bonchev–Trinajstić information content (AvgIpc) is 3.46. The molecule has 6 atom stereocenters. The normalized spacial score (nSPS) is 30.9. The van der Waals surface area contributed by atoms with Gasteiger partial charge in [0, 0.05) is 17.5 Å². The minimum atomic E-state index is -0.654. The number of unbranched alkanes of at least 4 members (excludes halogenated alkanes) is 2. The highest BCUT2D eigenvalue weighted by Crippen LogP contribution is 2.66. The Morgan fingerprint density at radius 2 is 1.97 bits per heavy atom. The van der Waals surface area contributed by atoms with E-state index >= 15 is 0 Å². The SMILES string of the molecule is CCCCCNC(=O)C1N([C@@H](CC)CO)C(=O)[C@@H]2[C@@H](C(=O)Nc3ccccc3)[C@H]3CCC12S3. The van der Waals surface area contributed by atoms with Crippen LogP contribution in [-0.4, -0.2) is 63.0 Å². The third-order valence-corrected chi connectivity index (χ3v) is 9.44. The predicted octanol–water partition coefficient (Wildman–Crippen LogP) is 2.79. The Labute approximate surface area is 200 Å². The Morgan fingerprint density at radius 1 is 1.21 bits per heavy atom. The Balaban J connectivity index is 1.63. The Morgan fingerprint density at radius 3 is 2.64 bits per heavy atom. The van der Waals surface area contributed by atoms with Gasteiger partial charge in [0.15, 0.2) is 0 Å². The van der Waals surface area contributed by atoms with Crippen LogP contribution in [0.2, 0.25) is 0 Å². The standard InChI is InChI=1S/C25H35N3O4S/c1-3-5-9-14-26-23(31)21-25-13-12-18(33-25)19(22(30)27-16-10-7-6-8-11-16)20(25)24(32)28(21)17(4-2)15-29/h6-8,10-11,17-21,29H,3-5,9,12-15H2,1-2H3,(H,26,31)(H,27,30)/t17-,18+,19-,20-,21?,25?/m0/s1. The Hall–Kier alpha value is -2.06. The summed E-state index contributed by atoms with van der Waals surface area (Å²) >= 11 is 1.66. The number of nitrogens with zero attached hydrogens (tertiary/aromatic N) is 1. The summed E-state index contributed by atoms with van der Waals surface area (Å²) in [7, 11) is 0. The first-order valence-corrected chi connectivity index (χ1v) is 13.1. The van der Waals surface area contributed by atoms with E-state index in [0.717, 1.165) is 32.1 Å². The number of para-hydroxylation sites is 1. The number of nitrogens with one attached hydrogen (secondary N) is 2. The molecule has 3 N–H and O–H groups in total. The maximum Gasteiger partial charge on any atom is 0.244 e. The van der Waals surface area contributed by atoms with Gasteiger partial charge in [0.05, 0.1) is 29.2 Å². The molecule has 2 bridgehead atoms. The molecule has 1 aromatic rings. The molecule has 3 heterocycles. The van der Waals surface area contributed by atoms with Crippen LogP contribution < -0.4 is 10.6 Å². The van der Waals surface area contributed by atoms with Gasteiger partial charge >= 0.3 is 0 Å². The fraction of sp³-hybridized carbons (Fsp3) is 0.640. The van der Waals surface area contributed by atoms with Gasteiger partial charge in [-0.15, -0.1) is 11.8 Å². The van der Waals surface area contributed by atoms with Crippen molar-refractivity contribution in [3.05, 3.63) is 30.3 Å². The lowest BCUT2D eigenvalue weighted by atomic mass is 9.70. The molecule has 0 aromatic heterocycles. The number of amides is 3. The minimum absolute atomic E-state index is 0.0226. The zero-order chi connectivity index (χ0) is 23.6. The number of anilines is 1. The summed E-state index contributed by atoms with van der Waals surface area (Å²) in [4.78, 5) is 42.3. The number of carbonyl (C=O) groups excluding carboxylic acids is 3.